The van der Waals surface area contributed by atoms with Gasteiger partial charge in [-0.2, -0.15) is 9.97 Å². The molecule has 1 fully saturated rings. The molecule has 2 N–H and O–H groups in total. The van der Waals surface area contributed by atoms with Crippen molar-refractivity contribution in [2.75, 3.05) is 63.2 Å². The molecule has 0 radical (unpaired) electrons. The summed E-state index contributed by atoms with van der Waals surface area (Å²) in [4.78, 5) is 23.5. The average molecular weight is 624 g/mol. The summed E-state index contributed by atoms with van der Waals surface area (Å²) in [7, 11) is 5.55. The van der Waals surface area contributed by atoms with Gasteiger partial charge in [-0.05, 0) is 80.8 Å². The largest absolute Gasteiger partial charge is 0.479 e. The van der Waals surface area contributed by atoms with Gasteiger partial charge in [0.15, 0.2) is 0 Å². The minimum absolute atomic E-state index is 0.403. The molecular weight excluding hydrogens is 587 g/mol. The van der Waals surface area contributed by atoms with Crippen LogP contribution >= 0.6 is 23.9 Å². The van der Waals surface area contributed by atoms with E-state index in [-0.39, 0.29) is 0 Å². The Morgan fingerprint density at radius 3 is 2.48 bits per heavy atom. The van der Waals surface area contributed by atoms with Crippen molar-refractivity contribution in [3.8, 4) is 5.88 Å². The van der Waals surface area contributed by atoms with Crippen LogP contribution in [-0.4, -0.2) is 78.5 Å². The summed E-state index contributed by atoms with van der Waals surface area (Å²) < 4.78 is 6.46. The Kier molecular flexibility index (Phi) is 8.68. The number of hydrogen-bond donors (Lipinski definition) is 2. The summed E-state index contributed by atoms with van der Waals surface area (Å²) in [5.74, 6) is 2.57. The van der Waals surface area contributed by atoms with Crippen LogP contribution in [0.15, 0.2) is 47.2 Å². The Balaban J connectivity index is 1.40. The summed E-state index contributed by atoms with van der Waals surface area (Å²) in [6.45, 7) is 8.53. The molecule has 1 aliphatic heterocycles. The van der Waals surface area contributed by atoms with Gasteiger partial charge in [0.05, 0.1) is 29.0 Å². The van der Waals surface area contributed by atoms with Crippen molar-refractivity contribution < 1.29 is 4.74 Å². The topological polar surface area (TPSA) is 91.3 Å². The summed E-state index contributed by atoms with van der Waals surface area (Å²) in [5, 5.41) is 9.25. The number of halogens is 1. The van der Waals surface area contributed by atoms with E-state index in [4.69, 9.17) is 14.7 Å². The van der Waals surface area contributed by atoms with Gasteiger partial charge >= 0.3 is 0 Å². The molecule has 0 spiro atoms. The van der Waals surface area contributed by atoms with E-state index < -0.39 is 7.92 Å². The summed E-state index contributed by atoms with van der Waals surface area (Å²) >= 11 is 3.62. The molecule has 4 aromatic rings. The standard InChI is InChI=1S/C29H36BrN8OP/c1-18-15-23(28(39-4)36-27(18)38-13-11-19(12-14-38)37(2)3)34-29-32-16-21(30)26(35-29)33-24-17-31-22-10-8-7-9-20(22)25(24)40(5)6/h7-10,15-17,19H,11-14H2,1-6H3,(H2,32,33,34,35). The highest BCUT2D eigenvalue weighted by Gasteiger charge is 2.24. The Labute approximate surface area is 245 Å². The van der Waals surface area contributed by atoms with E-state index in [1.165, 1.54) is 5.30 Å². The van der Waals surface area contributed by atoms with Crippen molar-refractivity contribution in [1.82, 2.24) is 24.8 Å². The molecule has 11 heteroatoms. The van der Waals surface area contributed by atoms with Gasteiger partial charge in [0.1, 0.15) is 17.3 Å². The second-order valence-electron chi connectivity index (χ2n) is 10.4. The van der Waals surface area contributed by atoms with Crippen LogP contribution in [0, 0.1) is 6.92 Å². The molecule has 4 heterocycles. The van der Waals surface area contributed by atoms with Gasteiger partial charge < -0.3 is 25.2 Å². The predicted octanol–water partition coefficient (Wildman–Crippen LogP) is 5.88. The number of pyridine rings is 2. The number of piperidine rings is 1. The third kappa shape index (κ3) is 5.99. The monoisotopic (exact) mass is 622 g/mol. The molecule has 0 bridgehead atoms. The van der Waals surface area contributed by atoms with Crippen LogP contribution in [0.1, 0.15) is 18.4 Å². The van der Waals surface area contributed by atoms with Gasteiger partial charge in [0.2, 0.25) is 11.8 Å². The third-order valence-electron chi connectivity index (χ3n) is 7.28. The molecule has 5 rings (SSSR count). The molecule has 0 aliphatic carbocycles. The van der Waals surface area contributed by atoms with Crippen molar-refractivity contribution in [1.29, 1.82) is 0 Å². The molecule has 0 saturated carbocycles. The van der Waals surface area contributed by atoms with Gasteiger partial charge in [-0.25, -0.2) is 4.98 Å². The van der Waals surface area contributed by atoms with E-state index in [9.17, 15) is 0 Å². The fourth-order valence-corrected chi connectivity index (χ4v) is 6.77. The lowest BCUT2D eigenvalue weighted by Gasteiger charge is -2.36. The highest BCUT2D eigenvalue weighted by atomic mass is 79.9. The number of benzene rings is 1. The highest BCUT2D eigenvalue weighted by molar-refractivity contribution is 9.10. The maximum Gasteiger partial charge on any atom is 0.239 e. The van der Waals surface area contributed by atoms with E-state index in [0.29, 0.717) is 23.7 Å². The zero-order valence-electron chi connectivity index (χ0n) is 23.9. The fourth-order valence-electron chi connectivity index (χ4n) is 5.21. The van der Waals surface area contributed by atoms with Gasteiger partial charge in [0.25, 0.3) is 0 Å². The summed E-state index contributed by atoms with van der Waals surface area (Å²) in [5.41, 5.74) is 3.73. The zero-order valence-corrected chi connectivity index (χ0v) is 26.3. The Morgan fingerprint density at radius 2 is 1.77 bits per heavy atom. The lowest BCUT2D eigenvalue weighted by molar-refractivity contribution is 0.249. The number of aromatic nitrogens is 4. The molecule has 1 aromatic carbocycles. The van der Waals surface area contributed by atoms with E-state index in [1.54, 1.807) is 13.3 Å². The fraction of sp³-hybridized carbons (Fsp3) is 0.379. The molecule has 1 saturated heterocycles. The van der Waals surface area contributed by atoms with Crippen molar-refractivity contribution in [2.45, 2.75) is 25.8 Å². The molecule has 0 amide bonds. The lowest BCUT2D eigenvalue weighted by atomic mass is 10.0. The van der Waals surface area contributed by atoms with Gasteiger partial charge in [-0.3, -0.25) is 4.98 Å². The summed E-state index contributed by atoms with van der Waals surface area (Å²) in [6.07, 6.45) is 5.86. The number of anilines is 5. The normalized spacial score (nSPS) is 14.3. The summed E-state index contributed by atoms with van der Waals surface area (Å²) in [6, 6.07) is 10.9. The van der Waals surface area contributed by atoms with Crippen LogP contribution < -0.4 is 25.6 Å². The van der Waals surface area contributed by atoms with Crippen molar-refractivity contribution >= 4 is 69.0 Å². The van der Waals surface area contributed by atoms with Crippen molar-refractivity contribution in [3.63, 3.8) is 0 Å². The van der Waals surface area contributed by atoms with Crippen LogP contribution in [0.2, 0.25) is 0 Å². The number of aryl methyl sites for hydroxylation is 1. The number of methoxy groups -OCH3 is 1. The molecule has 9 nitrogen and oxygen atoms in total. The van der Waals surface area contributed by atoms with E-state index in [2.05, 4.69) is 98.9 Å². The number of fused-ring (bicyclic) bond motifs is 1. The Bertz CT molecular complexity index is 1510. The van der Waals surface area contributed by atoms with E-state index in [0.717, 1.165) is 64.1 Å². The smallest absolute Gasteiger partial charge is 0.239 e. The quantitative estimate of drug-likeness (QED) is 0.234. The molecular formula is C29H36BrN8OP. The van der Waals surface area contributed by atoms with Gasteiger partial charge in [-0.1, -0.05) is 26.1 Å². The first-order chi connectivity index (χ1) is 19.2. The number of rotatable bonds is 8. The second-order valence-corrected chi connectivity index (χ2v) is 13.5. The van der Waals surface area contributed by atoms with Gasteiger partial charge in [-0.15, -0.1) is 0 Å². The van der Waals surface area contributed by atoms with Crippen LogP contribution in [0.5, 0.6) is 5.88 Å². The van der Waals surface area contributed by atoms with E-state index >= 15 is 0 Å². The van der Waals surface area contributed by atoms with E-state index in [1.807, 2.05) is 18.3 Å². The van der Waals surface area contributed by atoms with Crippen molar-refractivity contribution in [3.05, 3.63) is 52.8 Å². The number of ether oxygens (including phenoxy) is 1. The maximum atomic E-state index is 5.70. The van der Waals surface area contributed by atoms with Crippen LogP contribution in [0.3, 0.4) is 0 Å². The SMILES string of the molecule is COc1nc(N2CCC(N(C)C)CC2)c(C)cc1Nc1ncc(Br)c(Nc2cnc3ccccc3c2P(C)C)n1. The minimum Gasteiger partial charge on any atom is -0.479 e. The highest BCUT2D eigenvalue weighted by Crippen LogP contribution is 2.36. The third-order valence-corrected chi connectivity index (χ3v) is 9.23. The Hall–Kier alpha value is -3.07. The second kappa shape index (κ2) is 12.2. The lowest BCUT2D eigenvalue weighted by Crippen LogP contribution is -2.42. The number of nitrogens with zero attached hydrogens (tertiary/aromatic N) is 6. The van der Waals surface area contributed by atoms with Crippen LogP contribution in [0.4, 0.5) is 29.0 Å². The molecule has 3 aromatic heterocycles. The molecule has 40 heavy (non-hydrogen) atoms. The minimum atomic E-state index is -0.403. The van der Waals surface area contributed by atoms with Crippen LogP contribution in [0.25, 0.3) is 10.9 Å². The first-order valence-electron chi connectivity index (χ1n) is 13.3. The first kappa shape index (κ1) is 28.5. The average Bonchev–Trinajstić information content (AvgIpc) is 2.94. The number of hydrogen-bond acceptors (Lipinski definition) is 9. The number of nitrogens with one attached hydrogen (secondary N) is 2. The molecule has 1 aliphatic rings. The van der Waals surface area contributed by atoms with Crippen molar-refractivity contribution in [2.24, 2.45) is 0 Å². The Morgan fingerprint density at radius 1 is 1.02 bits per heavy atom. The zero-order chi connectivity index (χ0) is 28.4. The maximum absolute atomic E-state index is 5.70. The molecule has 210 valence electrons. The first-order valence-corrected chi connectivity index (χ1v) is 16.4. The van der Waals surface area contributed by atoms with Gasteiger partial charge in [0, 0.05) is 36.0 Å². The molecule has 0 unspecified atom stereocenters. The number of para-hydroxylation sites is 1. The van der Waals surface area contributed by atoms with Crippen LogP contribution in [-0.2, 0) is 0 Å². The predicted molar refractivity (Wildman–Crippen MR) is 171 cm³/mol. The molecule has 0 atom stereocenters.